The molecule has 0 spiro atoms. The Hall–Kier alpha value is -1.33. The average molecular weight is 188 g/mol. The maximum absolute atomic E-state index is 8.78. The third-order valence-corrected chi connectivity index (χ3v) is 2.46. The largest absolute Gasteiger partial charge is 0.302 e. The maximum atomic E-state index is 8.78. The number of rotatable bonds is 3. The Kier molecular flexibility index (Phi) is 3.67. The van der Waals surface area contributed by atoms with E-state index in [1.807, 2.05) is 18.2 Å². The zero-order chi connectivity index (χ0) is 10.6. The lowest BCUT2D eigenvalue weighted by atomic mass is 10.1. The lowest BCUT2D eigenvalue weighted by Gasteiger charge is -2.15. The van der Waals surface area contributed by atoms with Gasteiger partial charge in [-0.1, -0.05) is 13.0 Å². The SMILES string of the molecule is CCN(C)Cc1cc(C#N)ccc1C. The van der Waals surface area contributed by atoms with Crippen LogP contribution in [0.5, 0.6) is 0 Å². The summed E-state index contributed by atoms with van der Waals surface area (Å²) in [5, 5.41) is 8.78. The molecule has 0 aromatic heterocycles. The van der Waals surface area contributed by atoms with Crippen molar-refractivity contribution >= 4 is 0 Å². The first-order chi connectivity index (χ1) is 6.67. The molecule has 0 unspecified atom stereocenters. The van der Waals surface area contributed by atoms with Gasteiger partial charge in [0.2, 0.25) is 0 Å². The van der Waals surface area contributed by atoms with Crippen molar-refractivity contribution in [3.63, 3.8) is 0 Å². The van der Waals surface area contributed by atoms with Crippen molar-refractivity contribution in [3.8, 4) is 6.07 Å². The normalized spacial score (nSPS) is 10.2. The Bertz CT molecular complexity index is 350. The molecule has 0 N–H and O–H groups in total. The van der Waals surface area contributed by atoms with Gasteiger partial charge in [0.25, 0.3) is 0 Å². The minimum atomic E-state index is 0.745. The molecule has 0 aliphatic carbocycles. The van der Waals surface area contributed by atoms with Gasteiger partial charge in [-0.2, -0.15) is 5.26 Å². The number of hydrogen-bond acceptors (Lipinski definition) is 2. The number of aryl methyl sites for hydroxylation is 1. The fourth-order valence-corrected chi connectivity index (χ4v) is 1.31. The minimum absolute atomic E-state index is 0.745. The van der Waals surface area contributed by atoms with Crippen molar-refractivity contribution in [2.75, 3.05) is 13.6 Å². The summed E-state index contributed by atoms with van der Waals surface area (Å²) in [5.74, 6) is 0. The first kappa shape index (κ1) is 10.7. The van der Waals surface area contributed by atoms with E-state index in [1.54, 1.807) is 0 Å². The summed E-state index contributed by atoms with van der Waals surface area (Å²) in [7, 11) is 2.08. The second-order valence-electron chi connectivity index (χ2n) is 3.58. The standard InChI is InChI=1S/C12H16N2/c1-4-14(3)9-12-7-11(8-13)6-5-10(12)2/h5-7H,4,9H2,1-3H3. The molecular weight excluding hydrogens is 172 g/mol. The van der Waals surface area contributed by atoms with Crippen LogP contribution in [0.3, 0.4) is 0 Å². The van der Waals surface area contributed by atoms with Gasteiger partial charge >= 0.3 is 0 Å². The summed E-state index contributed by atoms with van der Waals surface area (Å²) >= 11 is 0. The highest BCUT2D eigenvalue weighted by molar-refractivity contribution is 5.37. The molecule has 0 aliphatic heterocycles. The Morgan fingerprint density at radius 3 is 2.71 bits per heavy atom. The molecule has 0 atom stereocenters. The van der Waals surface area contributed by atoms with E-state index in [1.165, 1.54) is 11.1 Å². The number of benzene rings is 1. The van der Waals surface area contributed by atoms with Gasteiger partial charge in [-0.15, -0.1) is 0 Å². The summed E-state index contributed by atoms with van der Waals surface area (Å²) in [6.45, 7) is 6.15. The van der Waals surface area contributed by atoms with Gasteiger partial charge in [0, 0.05) is 6.54 Å². The van der Waals surface area contributed by atoms with E-state index in [2.05, 4.69) is 31.9 Å². The molecule has 0 fully saturated rings. The van der Waals surface area contributed by atoms with Crippen molar-refractivity contribution in [3.05, 3.63) is 34.9 Å². The first-order valence-electron chi connectivity index (χ1n) is 4.85. The summed E-state index contributed by atoms with van der Waals surface area (Å²) in [6, 6.07) is 8.02. The smallest absolute Gasteiger partial charge is 0.0991 e. The third kappa shape index (κ3) is 2.58. The van der Waals surface area contributed by atoms with Crippen LogP contribution < -0.4 is 0 Å². The van der Waals surface area contributed by atoms with Crippen LogP contribution in [0.25, 0.3) is 0 Å². The van der Waals surface area contributed by atoms with Crippen molar-refractivity contribution < 1.29 is 0 Å². The van der Waals surface area contributed by atoms with E-state index < -0.39 is 0 Å². The molecule has 1 aromatic rings. The van der Waals surface area contributed by atoms with E-state index >= 15 is 0 Å². The van der Waals surface area contributed by atoms with E-state index in [4.69, 9.17) is 5.26 Å². The second-order valence-corrected chi connectivity index (χ2v) is 3.58. The number of nitrogens with zero attached hydrogens (tertiary/aromatic N) is 2. The average Bonchev–Trinajstić information content (AvgIpc) is 2.21. The third-order valence-electron chi connectivity index (χ3n) is 2.46. The Morgan fingerprint density at radius 2 is 2.14 bits per heavy atom. The molecule has 2 nitrogen and oxygen atoms in total. The molecule has 1 rings (SSSR count). The zero-order valence-corrected chi connectivity index (χ0v) is 9.04. The van der Waals surface area contributed by atoms with Gasteiger partial charge in [-0.3, -0.25) is 0 Å². The molecule has 74 valence electrons. The molecule has 0 radical (unpaired) electrons. The van der Waals surface area contributed by atoms with Crippen LogP contribution in [0.15, 0.2) is 18.2 Å². The van der Waals surface area contributed by atoms with Crippen LogP contribution in [0.2, 0.25) is 0 Å². The second kappa shape index (κ2) is 4.78. The maximum Gasteiger partial charge on any atom is 0.0991 e. The Labute approximate surface area is 85.8 Å². The van der Waals surface area contributed by atoms with E-state index in [0.29, 0.717) is 0 Å². The van der Waals surface area contributed by atoms with Crippen LogP contribution in [-0.4, -0.2) is 18.5 Å². The molecule has 0 bridgehead atoms. The highest BCUT2D eigenvalue weighted by Gasteiger charge is 2.02. The predicted molar refractivity (Wildman–Crippen MR) is 57.9 cm³/mol. The highest BCUT2D eigenvalue weighted by Crippen LogP contribution is 2.12. The molecule has 0 saturated heterocycles. The van der Waals surface area contributed by atoms with E-state index in [0.717, 1.165) is 18.7 Å². The highest BCUT2D eigenvalue weighted by atomic mass is 15.1. The fourth-order valence-electron chi connectivity index (χ4n) is 1.31. The lowest BCUT2D eigenvalue weighted by molar-refractivity contribution is 0.345. The molecule has 1 aromatic carbocycles. The molecule has 0 aliphatic rings. The van der Waals surface area contributed by atoms with Crippen molar-refractivity contribution in [2.45, 2.75) is 20.4 Å². The molecule has 2 heteroatoms. The van der Waals surface area contributed by atoms with Crippen LogP contribution in [0, 0.1) is 18.3 Å². The summed E-state index contributed by atoms with van der Waals surface area (Å²) in [5.41, 5.74) is 3.24. The summed E-state index contributed by atoms with van der Waals surface area (Å²) in [4.78, 5) is 2.23. The van der Waals surface area contributed by atoms with Gasteiger partial charge in [-0.05, 0) is 43.8 Å². The summed E-state index contributed by atoms with van der Waals surface area (Å²) in [6.07, 6.45) is 0. The van der Waals surface area contributed by atoms with Crippen LogP contribution in [-0.2, 0) is 6.54 Å². The fraction of sp³-hybridized carbons (Fsp3) is 0.417. The predicted octanol–water partition coefficient (Wildman–Crippen LogP) is 2.32. The molecule has 0 saturated carbocycles. The zero-order valence-electron chi connectivity index (χ0n) is 9.04. The number of nitriles is 1. The van der Waals surface area contributed by atoms with E-state index in [-0.39, 0.29) is 0 Å². The number of hydrogen-bond donors (Lipinski definition) is 0. The van der Waals surface area contributed by atoms with Gasteiger partial charge in [0.05, 0.1) is 11.6 Å². The molecule has 0 heterocycles. The van der Waals surface area contributed by atoms with Gasteiger partial charge in [0.15, 0.2) is 0 Å². The van der Waals surface area contributed by atoms with Crippen LogP contribution in [0.1, 0.15) is 23.6 Å². The molecule has 0 amide bonds. The van der Waals surface area contributed by atoms with Crippen LogP contribution >= 0.6 is 0 Å². The van der Waals surface area contributed by atoms with Gasteiger partial charge < -0.3 is 4.90 Å². The molecular formula is C12H16N2. The summed E-state index contributed by atoms with van der Waals surface area (Å²) < 4.78 is 0. The van der Waals surface area contributed by atoms with Crippen LogP contribution in [0.4, 0.5) is 0 Å². The van der Waals surface area contributed by atoms with Crippen molar-refractivity contribution in [1.29, 1.82) is 5.26 Å². The van der Waals surface area contributed by atoms with Crippen molar-refractivity contribution in [1.82, 2.24) is 4.90 Å². The quantitative estimate of drug-likeness (QED) is 0.728. The van der Waals surface area contributed by atoms with Gasteiger partial charge in [-0.25, -0.2) is 0 Å². The first-order valence-corrected chi connectivity index (χ1v) is 4.85. The Morgan fingerprint density at radius 1 is 1.43 bits per heavy atom. The topological polar surface area (TPSA) is 27.0 Å². The minimum Gasteiger partial charge on any atom is -0.302 e. The van der Waals surface area contributed by atoms with Gasteiger partial charge in [0.1, 0.15) is 0 Å². The Balaban J connectivity index is 2.90. The monoisotopic (exact) mass is 188 g/mol. The lowest BCUT2D eigenvalue weighted by Crippen LogP contribution is -2.17. The molecule has 14 heavy (non-hydrogen) atoms. The van der Waals surface area contributed by atoms with E-state index in [9.17, 15) is 0 Å². The van der Waals surface area contributed by atoms with Crippen molar-refractivity contribution in [2.24, 2.45) is 0 Å².